The molecule has 1 aromatic carbocycles. The second kappa shape index (κ2) is 6.25. The molecule has 1 unspecified atom stereocenters. The van der Waals surface area contributed by atoms with Crippen molar-refractivity contribution in [3.05, 3.63) is 29.3 Å². The summed E-state index contributed by atoms with van der Waals surface area (Å²) < 4.78 is 10.1. The number of hydrogen-bond acceptors (Lipinski definition) is 4. The van der Waals surface area contributed by atoms with Crippen LogP contribution in [0, 0.1) is 0 Å². The molecule has 0 aliphatic rings. The fourth-order valence-electron chi connectivity index (χ4n) is 1.59. The molecule has 0 saturated heterocycles. The van der Waals surface area contributed by atoms with Gasteiger partial charge in [-0.05, 0) is 25.0 Å². The van der Waals surface area contributed by atoms with Gasteiger partial charge < -0.3 is 15.2 Å². The van der Waals surface area contributed by atoms with Gasteiger partial charge in [0.05, 0.1) is 13.7 Å². The minimum absolute atomic E-state index is 0.321. The quantitative estimate of drug-likeness (QED) is 0.793. The number of aryl methyl sites for hydroxylation is 1. The molecular formula is C13H19NO3. The lowest BCUT2D eigenvalue weighted by atomic mass is 10.0. The summed E-state index contributed by atoms with van der Waals surface area (Å²) in [7, 11) is 1.57. The van der Waals surface area contributed by atoms with Crippen molar-refractivity contribution in [1.82, 2.24) is 0 Å². The first-order valence-electron chi connectivity index (χ1n) is 5.73. The summed E-state index contributed by atoms with van der Waals surface area (Å²) in [6.07, 6.45) is 0.908. The average Bonchev–Trinajstić information content (AvgIpc) is 2.37. The standard InChI is InChI=1S/C13H19NO3/c1-4-9-6-7-10(11(8-9)16-3)12(14)13(15)17-5-2/h6-8,12H,4-5,14H2,1-3H3. The molecule has 0 aliphatic carbocycles. The Morgan fingerprint density at radius 1 is 1.41 bits per heavy atom. The lowest BCUT2D eigenvalue weighted by Crippen LogP contribution is -2.24. The lowest BCUT2D eigenvalue weighted by molar-refractivity contribution is -0.144. The number of carbonyl (C=O) groups is 1. The van der Waals surface area contributed by atoms with Crippen molar-refractivity contribution < 1.29 is 14.3 Å². The molecule has 0 bridgehead atoms. The molecule has 1 atom stereocenters. The SMILES string of the molecule is CCOC(=O)C(N)c1ccc(CC)cc1OC. The molecule has 0 amide bonds. The Morgan fingerprint density at radius 2 is 2.12 bits per heavy atom. The molecule has 4 nitrogen and oxygen atoms in total. The molecule has 0 saturated carbocycles. The van der Waals surface area contributed by atoms with Gasteiger partial charge in [0.15, 0.2) is 0 Å². The minimum atomic E-state index is -0.796. The van der Waals surface area contributed by atoms with Gasteiger partial charge in [0, 0.05) is 5.56 Å². The molecule has 0 radical (unpaired) electrons. The van der Waals surface area contributed by atoms with Crippen LogP contribution in [-0.4, -0.2) is 19.7 Å². The van der Waals surface area contributed by atoms with Gasteiger partial charge in [0.25, 0.3) is 0 Å². The molecule has 0 heterocycles. The summed E-state index contributed by atoms with van der Waals surface area (Å²) in [5.74, 6) is 0.194. The topological polar surface area (TPSA) is 61.5 Å². The number of ether oxygens (including phenoxy) is 2. The molecule has 2 N–H and O–H groups in total. The van der Waals surface area contributed by atoms with Gasteiger partial charge in [-0.1, -0.05) is 19.1 Å². The molecule has 1 rings (SSSR count). The van der Waals surface area contributed by atoms with Gasteiger partial charge in [-0.3, -0.25) is 0 Å². The van der Waals surface area contributed by atoms with Gasteiger partial charge >= 0.3 is 5.97 Å². The monoisotopic (exact) mass is 237 g/mol. The first-order chi connectivity index (χ1) is 8.13. The Kier molecular flexibility index (Phi) is 4.97. The predicted octanol–water partition coefficient (Wildman–Crippen LogP) is 1.82. The van der Waals surface area contributed by atoms with Crippen molar-refractivity contribution in [3.8, 4) is 5.75 Å². The van der Waals surface area contributed by atoms with Crippen molar-refractivity contribution in [1.29, 1.82) is 0 Å². The van der Waals surface area contributed by atoms with E-state index < -0.39 is 12.0 Å². The molecule has 4 heteroatoms. The zero-order chi connectivity index (χ0) is 12.8. The van der Waals surface area contributed by atoms with Crippen LogP contribution in [0.15, 0.2) is 18.2 Å². The Morgan fingerprint density at radius 3 is 2.65 bits per heavy atom. The van der Waals surface area contributed by atoms with Crippen molar-refractivity contribution in [2.24, 2.45) is 5.73 Å². The summed E-state index contributed by atoms with van der Waals surface area (Å²) in [6, 6.07) is 4.86. The summed E-state index contributed by atoms with van der Waals surface area (Å²) in [4.78, 5) is 11.6. The smallest absolute Gasteiger partial charge is 0.327 e. The highest BCUT2D eigenvalue weighted by atomic mass is 16.5. The number of benzene rings is 1. The van der Waals surface area contributed by atoms with Crippen LogP contribution < -0.4 is 10.5 Å². The lowest BCUT2D eigenvalue weighted by Gasteiger charge is -2.15. The van der Waals surface area contributed by atoms with Crippen LogP contribution in [-0.2, 0) is 16.0 Å². The van der Waals surface area contributed by atoms with E-state index >= 15 is 0 Å². The van der Waals surface area contributed by atoms with Crippen molar-refractivity contribution in [2.75, 3.05) is 13.7 Å². The first kappa shape index (κ1) is 13.5. The Bertz CT molecular complexity index is 390. The molecule has 0 fully saturated rings. The van der Waals surface area contributed by atoms with Crippen LogP contribution in [0.3, 0.4) is 0 Å². The fraction of sp³-hybridized carbons (Fsp3) is 0.462. The van der Waals surface area contributed by atoms with Gasteiger partial charge in [-0.15, -0.1) is 0 Å². The van der Waals surface area contributed by atoms with Crippen molar-refractivity contribution in [3.63, 3.8) is 0 Å². The molecule has 0 aromatic heterocycles. The first-order valence-corrected chi connectivity index (χ1v) is 5.73. The molecular weight excluding hydrogens is 218 g/mol. The number of hydrogen-bond donors (Lipinski definition) is 1. The second-order valence-corrected chi connectivity index (χ2v) is 3.66. The Hall–Kier alpha value is -1.55. The third-order valence-electron chi connectivity index (χ3n) is 2.58. The van der Waals surface area contributed by atoms with Crippen LogP contribution in [0.1, 0.15) is 31.0 Å². The van der Waals surface area contributed by atoms with E-state index in [0.717, 1.165) is 12.0 Å². The van der Waals surface area contributed by atoms with E-state index in [1.165, 1.54) is 0 Å². The number of esters is 1. The maximum atomic E-state index is 11.6. The van der Waals surface area contributed by atoms with Crippen LogP contribution in [0.5, 0.6) is 5.75 Å². The zero-order valence-corrected chi connectivity index (χ0v) is 10.5. The highest BCUT2D eigenvalue weighted by Gasteiger charge is 2.20. The average molecular weight is 237 g/mol. The Balaban J connectivity index is 3.00. The third-order valence-corrected chi connectivity index (χ3v) is 2.58. The van der Waals surface area contributed by atoms with Crippen LogP contribution in [0.2, 0.25) is 0 Å². The van der Waals surface area contributed by atoms with E-state index in [2.05, 4.69) is 6.92 Å². The number of carbonyl (C=O) groups excluding carboxylic acids is 1. The molecule has 17 heavy (non-hydrogen) atoms. The maximum absolute atomic E-state index is 11.6. The number of methoxy groups -OCH3 is 1. The number of nitrogens with two attached hydrogens (primary N) is 1. The molecule has 1 aromatic rings. The zero-order valence-electron chi connectivity index (χ0n) is 10.5. The van der Waals surface area contributed by atoms with Gasteiger partial charge in [0.2, 0.25) is 0 Å². The van der Waals surface area contributed by atoms with Crippen molar-refractivity contribution >= 4 is 5.97 Å². The fourth-order valence-corrected chi connectivity index (χ4v) is 1.59. The maximum Gasteiger partial charge on any atom is 0.327 e. The second-order valence-electron chi connectivity index (χ2n) is 3.66. The van der Waals surface area contributed by atoms with E-state index in [1.54, 1.807) is 14.0 Å². The Labute approximate surface area is 102 Å². The molecule has 0 aliphatic heterocycles. The molecule has 0 spiro atoms. The summed E-state index contributed by atoms with van der Waals surface area (Å²) in [5, 5.41) is 0. The third kappa shape index (κ3) is 3.20. The van der Waals surface area contributed by atoms with E-state index in [-0.39, 0.29) is 0 Å². The molecule has 94 valence electrons. The van der Waals surface area contributed by atoms with E-state index in [9.17, 15) is 4.79 Å². The van der Waals surface area contributed by atoms with Crippen LogP contribution in [0.25, 0.3) is 0 Å². The van der Waals surface area contributed by atoms with Crippen molar-refractivity contribution in [2.45, 2.75) is 26.3 Å². The highest BCUT2D eigenvalue weighted by Crippen LogP contribution is 2.26. The van der Waals surface area contributed by atoms with E-state index in [1.807, 2.05) is 18.2 Å². The summed E-state index contributed by atoms with van der Waals surface area (Å²) >= 11 is 0. The normalized spacial score (nSPS) is 12.0. The van der Waals surface area contributed by atoms with Crippen LogP contribution in [0.4, 0.5) is 0 Å². The van der Waals surface area contributed by atoms with E-state index in [4.69, 9.17) is 15.2 Å². The minimum Gasteiger partial charge on any atom is -0.496 e. The largest absolute Gasteiger partial charge is 0.496 e. The van der Waals surface area contributed by atoms with Crippen LogP contribution >= 0.6 is 0 Å². The predicted molar refractivity (Wildman–Crippen MR) is 65.9 cm³/mol. The highest BCUT2D eigenvalue weighted by molar-refractivity contribution is 5.78. The van der Waals surface area contributed by atoms with Gasteiger partial charge in [0.1, 0.15) is 11.8 Å². The van der Waals surface area contributed by atoms with E-state index in [0.29, 0.717) is 17.9 Å². The summed E-state index contributed by atoms with van der Waals surface area (Å²) in [6.45, 7) is 4.13. The van der Waals surface area contributed by atoms with Gasteiger partial charge in [-0.2, -0.15) is 0 Å². The van der Waals surface area contributed by atoms with Gasteiger partial charge in [-0.25, -0.2) is 4.79 Å². The number of rotatable bonds is 5. The summed E-state index contributed by atoms with van der Waals surface area (Å²) in [5.41, 5.74) is 7.63.